The van der Waals surface area contributed by atoms with E-state index in [9.17, 15) is 0 Å². The van der Waals surface area contributed by atoms with Crippen molar-refractivity contribution in [3.05, 3.63) is 46.9 Å². The molecule has 0 fully saturated rings. The number of rotatable bonds is 3. The lowest BCUT2D eigenvalue weighted by Gasteiger charge is -2.07. The Morgan fingerprint density at radius 3 is 2.59 bits per heavy atom. The Bertz CT molecular complexity index is 522. The van der Waals surface area contributed by atoms with Gasteiger partial charge >= 0.3 is 0 Å². The van der Waals surface area contributed by atoms with E-state index in [-0.39, 0.29) is 0 Å². The predicted molar refractivity (Wildman–Crippen MR) is 86.2 cm³/mol. The minimum Gasteiger partial charge on any atom is -0.379 e. The highest BCUT2D eigenvalue weighted by Gasteiger charge is 2.05. The molecular formula is C11H7Br3ClNS. The number of benzene rings is 1. The zero-order valence-corrected chi connectivity index (χ0v) is 14.8. The Hall–Kier alpha value is 0.450. The van der Waals surface area contributed by atoms with Gasteiger partial charge in [-0.2, -0.15) is 0 Å². The fourth-order valence-electron chi connectivity index (χ4n) is 1.29. The number of hydrogen-bond donors (Lipinski definition) is 1. The normalized spacial score (nSPS) is 10.6. The van der Waals surface area contributed by atoms with Crippen molar-refractivity contribution in [2.75, 3.05) is 5.32 Å². The van der Waals surface area contributed by atoms with Crippen LogP contribution in [-0.2, 0) is 6.54 Å². The molecule has 0 unspecified atom stereocenters. The van der Waals surface area contributed by atoms with Crippen LogP contribution in [0.15, 0.2) is 37.0 Å². The Labute approximate surface area is 134 Å². The summed E-state index contributed by atoms with van der Waals surface area (Å²) in [6, 6.07) is 7.85. The monoisotopic (exact) mass is 457 g/mol. The fraction of sp³-hybridized carbons (Fsp3) is 0.0909. The zero-order valence-electron chi connectivity index (χ0n) is 8.44. The van der Waals surface area contributed by atoms with Gasteiger partial charge in [0.15, 0.2) is 0 Å². The fourth-order valence-corrected chi connectivity index (χ4v) is 3.96. The van der Waals surface area contributed by atoms with Gasteiger partial charge in [0.2, 0.25) is 0 Å². The summed E-state index contributed by atoms with van der Waals surface area (Å²) < 4.78 is 3.20. The molecule has 0 aliphatic heterocycles. The van der Waals surface area contributed by atoms with Crippen LogP contribution in [0.4, 0.5) is 5.69 Å². The summed E-state index contributed by atoms with van der Waals surface area (Å²) in [6.45, 7) is 0.755. The van der Waals surface area contributed by atoms with Crippen LogP contribution in [0.2, 0.25) is 5.02 Å². The second kappa shape index (κ2) is 6.06. The summed E-state index contributed by atoms with van der Waals surface area (Å²) in [6.07, 6.45) is 0. The molecular weight excluding hydrogens is 453 g/mol. The van der Waals surface area contributed by atoms with Gasteiger partial charge < -0.3 is 5.32 Å². The lowest BCUT2D eigenvalue weighted by atomic mass is 10.3. The van der Waals surface area contributed by atoms with Crippen LogP contribution in [0.1, 0.15) is 4.88 Å². The molecule has 1 aromatic carbocycles. The molecule has 0 atom stereocenters. The Kier molecular flexibility index (Phi) is 4.95. The summed E-state index contributed by atoms with van der Waals surface area (Å²) in [5, 5.41) is 4.04. The van der Waals surface area contributed by atoms with Crippen LogP contribution < -0.4 is 5.32 Å². The number of anilines is 1. The molecule has 0 aliphatic carbocycles. The Morgan fingerprint density at radius 1 is 1.18 bits per heavy atom. The van der Waals surface area contributed by atoms with E-state index in [4.69, 9.17) is 11.6 Å². The van der Waals surface area contributed by atoms with Gasteiger partial charge in [0.1, 0.15) is 0 Å². The van der Waals surface area contributed by atoms with Crippen molar-refractivity contribution in [3.8, 4) is 0 Å². The van der Waals surface area contributed by atoms with E-state index in [1.807, 2.05) is 18.2 Å². The highest BCUT2D eigenvalue weighted by atomic mass is 79.9. The lowest BCUT2D eigenvalue weighted by molar-refractivity contribution is 1.19. The van der Waals surface area contributed by atoms with Gasteiger partial charge in [0.05, 0.1) is 14.5 Å². The van der Waals surface area contributed by atoms with Crippen molar-refractivity contribution >= 4 is 76.4 Å². The summed E-state index contributed by atoms with van der Waals surface area (Å²) in [4.78, 5) is 1.24. The van der Waals surface area contributed by atoms with E-state index >= 15 is 0 Å². The third kappa shape index (κ3) is 3.70. The van der Waals surface area contributed by atoms with Gasteiger partial charge in [-0.3, -0.25) is 0 Å². The quantitative estimate of drug-likeness (QED) is 0.567. The molecule has 0 aliphatic rings. The second-order valence-corrected chi connectivity index (χ2v) is 7.94. The molecule has 1 N–H and O–H groups in total. The molecule has 17 heavy (non-hydrogen) atoms. The van der Waals surface area contributed by atoms with E-state index in [1.165, 1.54) is 4.88 Å². The summed E-state index contributed by atoms with van der Waals surface area (Å²) >= 11 is 18.2. The molecule has 0 saturated heterocycles. The highest BCUT2D eigenvalue weighted by Crippen LogP contribution is 2.33. The van der Waals surface area contributed by atoms with Gasteiger partial charge in [0, 0.05) is 20.4 Å². The van der Waals surface area contributed by atoms with Crippen LogP contribution in [0.25, 0.3) is 0 Å². The van der Waals surface area contributed by atoms with E-state index in [2.05, 4.69) is 59.2 Å². The summed E-state index contributed by atoms with van der Waals surface area (Å²) in [5.74, 6) is 0. The van der Waals surface area contributed by atoms with Crippen molar-refractivity contribution in [2.24, 2.45) is 0 Å². The average molecular weight is 460 g/mol. The third-order valence-corrected chi connectivity index (χ3v) is 6.16. The third-order valence-electron chi connectivity index (χ3n) is 2.08. The Balaban J connectivity index is 2.09. The van der Waals surface area contributed by atoms with Gasteiger partial charge in [0.25, 0.3) is 0 Å². The van der Waals surface area contributed by atoms with Crippen molar-refractivity contribution in [1.82, 2.24) is 0 Å². The SMILES string of the molecule is Clc1ccc(Br)cc1NCc1cc(Br)c(Br)s1. The van der Waals surface area contributed by atoms with Crippen molar-refractivity contribution < 1.29 is 0 Å². The standard InChI is InChI=1S/C11H7Br3ClNS/c12-6-1-2-9(15)10(3-6)16-5-7-4-8(13)11(14)17-7/h1-4,16H,5H2. The van der Waals surface area contributed by atoms with Crippen LogP contribution in [-0.4, -0.2) is 0 Å². The van der Waals surface area contributed by atoms with Crippen LogP contribution in [0.5, 0.6) is 0 Å². The van der Waals surface area contributed by atoms with E-state index in [0.717, 1.165) is 30.0 Å². The maximum Gasteiger partial charge on any atom is 0.0843 e. The molecule has 2 aromatic rings. The smallest absolute Gasteiger partial charge is 0.0843 e. The largest absolute Gasteiger partial charge is 0.379 e. The average Bonchev–Trinajstić information content (AvgIpc) is 2.60. The summed E-state index contributed by atoms with van der Waals surface area (Å²) in [7, 11) is 0. The lowest BCUT2D eigenvalue weighted by Crippen LogP contribution is -1.97. The van der Waals surface area contributed by atoms with Crippen molar-refractivity contribution in [1.29, 1.82) is 0 Å². The van der Waals surface area contributed by atoms with Crippen LogP contribution in [0, 0.1) is 0 Å². The van der Waals surface area contributed by atoms with E-state index in [0.29, 0.717) is 0 Å². The minimum absolute atomic E-state index is 0.725. The van der Waals surface area contributed by atoms with E-state index in [1.54, 1.807) is 11.3 Å². The second-order valence-electron chi connectivity index (χ2n) is 3.31. The molecule has 0 amide bonds. The van der Waals surface area contributed by atoms with Gasteiger partial charge in [-0.1, -0.05) is 27.5 Å². The molecule has 0 radical (unpaired) electrons. The molecule has 1 nitrogen and oxygen atoms in total. The Morgan fingerprint density at radius 2 is 1.94 bits per heavy atom. The number of hydrogen-bond acceptors (Lipinski definition) is 2. The number of halogens is 4. The van der Waals surface area contributed by atoms with Crippen molar-refractivity contribution in [2.45, 2.75) is 6.54 Å². The molecule has 1 heterocycles. The number of nitrogens with one attached hydrogen (secondary N) is 1. The summed E-state index contributed by atoms with van der Waals surface area (Å²) in [5.41, 5.74) is 0.932. The maximum absolute atomic E-state index is 6.10. The molecule has 0 bridgehead atoms. The maximum atomic E-state index is 6.10. The van der Waals surface area contributed by atoms with Crippen LogP contribution in [0.3, 0.4) is 0 Å². The van der Waals surface area contributed by atoms with Crippen molar-refractivity contribution in [3.63, 3.8) is 0 Å². The molecule has 1 aromatic heterocycles. The molecule has 0 saturated carbocycles. The van der Waals surface area contributed by atoms with Gasteiger partial charge in [-0.15, -0.1) is 11.3 Å². The van der Waals surface area contributed by atoms with Crippen LogP contribution >= 0.6 is 70.7 Å². The molecule has 6 heteroatoms. The first-order valence-corrected chi connectivity index (χ1v) is 8.26. The van der Waals surface area contributed by atoms with Gasteiger partial charge in [-0.25, -0.2) is 0 Å². The highest BCUT2D eigenvalue weighted by molar-refractivity contribution is 9.13. The first-order valence-electron chi connectivity index (χ1n) is 4.69. The topological polar surface area (TPSA) is 12.0 Å². The van der Waals surface area contributed by atoms with E-state index < -0.39 is 0 Å². The van der Waals surface area contributed by atoms with Gasteiger partial charge in [-0.05, 0) is 56.1 Å². The minimum atomic E-state index is 0.725. The molecule has 0 spiro atoms. The number of thiophene rings is 1. The molecule has 90 valence electrons. The predicted octanol–water partition coefficient (Wildman–Crippen LogP) is 6.30. The zero-order chi connectivity index (χ0) is 12.4. The molecule has 2 rings (SSSR count). The first kappa shape index (κ1) is 13.9. The first-order chi connectivity index (χ1) is 8.06.